The Bertz CT molecular complexity index is 487. The molecule has 5 heteroatoms. The number of benzene rings is 1. The minimum atomic E-state index is -0.523. The van der Waals surface area contributed by atoms with E-state index in [1.54, 1.807) is 31.4 Å². The zero-order valence-electron chi connectivity index (χ0n) is 9.84. The lowest BCUT2D eigenvalue weighted by atomic mass is 10.2. The first-order valence-corrected chi connectivity index (χ1v) is 5.42. The van der Waals surface area contributed by atoms with Crippen LogP contribution in [0.1, 0.15) is 16.8 Å². The monoisotopic (exact) mass is 248 g/mol. The van der Waals surface area contributed by atoms with Crippen molar-refractivity contribution < 1.29 is 23.8 Å². The Morgan fingerprint density at radius 2 is 2.06 bits per heavy atom. The summed E-state index contributed by atoms with van der Waals surface area (Å²) in [6, 6.07) is 6.50. The molecule has 0 N–H and O–H groups in total. The van der Waals surface area contributed by atoms with Crippen molar-refractivity contribution >= 4 is 11.9 Å². The standard InChI is InChI=1S/C13H12O5/c1-16-11-4-2-9(3-5-11)12(14)18-8-10-6-7-17-13(10)15/h2-5,8H,6-7H2,1H3/b10-8-. The van der Waals surface area contributed by atoms with Gasteiger partial charge in [-0.3, -0.25) is 0 Å². The second-order valence-corrected chi connectivity index (χ2v) is 3.66. The molecule has 94 valence electrons. The van der Waals surface area contributed by atoms with Crippen molar-refractivity contribution in [2.45, 2.75) is 6.42 Å². The van der Waals surface area contributed by atoms with E-state index in [0.717, 1.165) is 6.26 Å². The van der Waals surface area contributed by atoms with E-state index < -0.39 is 11.9 Å². The Morgan fingerprint density at radius 3 is 2.61 bits per heavy atom. The normalized spacial score (nSPS) is 16.5. The Balaban J connectivity index is 2.01. The van der Waals surface area contributed by atoms with Gasteiger partial charge in [0.2, 0.25) is 0 Å². The third-order valence-electron chi connectivity index (χ3n) is 2.50. The van der Waals surface area contributed by atoms with Crippen LogP contribution in [0.2, 0.25) is 0 Å². The third-order valence-corrected chi connectivity index (χ3v) is 2.50. The largest absolute Gasteiger partial charge is 0.497 e. The third kappa shape index (κ3) is 2.68. The van der Waals surface area contributed by atoms with Crippen LogP contribution in [0.3, 0.4) is 0 Å². The molecule has 1 aliphatic heterocycles. The summed E-state index contributed by atoms with van der Waals surface area (Å²) in [5.74, 6) is -0.299. The molecule has 0 saturated carbocycles. The van der Waals surface area contributed by atoms with Gasteiger partial charge in [-0.2, -0.15) is 0 Å². The van der Waals surface area contributed by atoms with E-state index in [0.29, 0.717) is 29.9 Å². The predicted octanol–water partition coefficient (Wildman–Crippen LogP) is 1.68. The van der Waals surface area contributed by atoms with Gasteiger partial charge >= 0.3 is 11.9 Å². The summed E-state index contributed by atoms with van der Waals surface area (Å²) in [5.41, 5.74) is 0.760. The molecule has 0 bridgehead atoms. The van der Waals surface area contributed by atoms with Gasteiger partial charge in [-0.05, 0) is 24.3 Å². The highest BCUT2D eigenvalue weighted by molar-refractivity contribution is 5.92. The van der Waals surface area contributed by atoms with Gasteiger partial charge in [0.1, 0.15) is 12.0 Å². The summed E-state index contributed by atoms with van der Waals surface area (Å²) in [7, 11) is 1.55. The van der Waals surface area contributed by atoms with Crippen molar-refractivity contribution in [1.82, 2.24) is 0 Å². The summed E-state index contributed by atoms with van der Waals surface area (Å²) in [6.45, 7) is 0.338. The molecule has 5 nitrogen and oxygen atoms in total. The Kier molecular flexibility index (Phi) is 3.62. The minimum absolute atomic E-state index is 0.338. The zero-order valence-corrected chi connectivity index (χ0v) is 9.84. The van der Waals surface area contributed by atoms with E-state index in [-0.39, 0.29) is 0 Å². The second kappa shape index (κ2) is 5.35. The van der Waals surface area contributed by atoms with Gasteiger partial charge in [0.15, 0.2) is 0 Å². The first kappa shape index (κ1) is 12.2. The number of hydrogen-bond acceptors (Lipinski definition) is 5. The summed E-state index contributed by atoms with van der Waals surface area (Å²) in [5, 5.41) is 0. The smallest absolute Gasteiger partial charge is 0.342 e. The van der Waals surface area contributed by atoms with Crippen LogP contribution in [0.25, 0.3) is 0 Å². The second-order valence-electron chi connectivity index (χ2n) is 3.66. The fourth-order valence-electron chi connectivity index (χ4n) is 1.48. The van der Waals surface area contributed by atoms with Crippen LogP contribution >= 0.6 is 0 Å². The molecular weight excluding hydrogens is 236 g/mol. The summed E-state index contributed by atoms with van der Waals surface area (Å²) in [6.07, 6.45) is 1.62. The predicted molar refractivity (Wildman–Crippen MR) is 62.1 cm³/mol. The number of esters is 2. The molecule has 0 unspecified atom stereocenters. The SMILES string of the molecule is COc1ccc(C(=O)O/C=C2/CCOC2=O)cc1. The van der Waals surface area contributed by atoms with Crippen LogP contribution in [0, 0.1) is 0 Å². The maximum absolute atomic E-state index is 11.6. The quantitative estimate of drug-likeness (QED) is 0.462. The molecule has 0 atom stereocenters. The van der Waals surface area contributed by atoms with E-state index in [1.165, 1.54) is 0 Å². The van der Waals surface area contributed by atoms with E-state index in [2.05, 4.69) is 0 Å². The molecule has 0 radical (unpaired) electrons. The van der Waals surface area contributed by atoms with Gasteiger partial charge in [0, 0.05) is 6.42 Å². The zero-order chi connectivity index (χ0) is 13.0. The summed E-state index contributed by atoms with van der Waals surface area (Å²) >= 11 is 0. The van der Waals surface area contributed by atoms with Crippen molar-refractivity contribution in [2.24, 2.45) is 0 Å². The fraction of sp³-hybridized carbons (Fsp3) is 0.231. The molecule has 0 spiro atoms. The Labute approximate surface area is 104 Å². The molecule has 1 aliphatic rings. The van der Waals surface area contributed by atoms with Crippen molar-refractivity contribution in [3.8, 4) is 5.75 Å². The maximum Gasteiger partial charge on any atom is 0.342 e. The number of hydrogen-bond donors (Lipinski definition) is 0. The highest BCUT2D eigenvalue weighted by Crippen LogP contribution is 2.15. The van der Waals surface area contributed by atoms with Gasteiger partial charge in [-0.15, -0.1) is 0 Å². The molecule has 1 fully saturated rings. The van der Waals surface area contributed by atoms with E-state index >= 15 is 0 Å². The number of methoxy groups -OCH3 is 1. The Hall–Kier alpha value is -2.30. The summed E-state index contributed by atoms with van der Waals surface area (Å²) < 4.78 is 14.6. The van der Waals surface area contributed by atoms with Crippen LogP contribution in [0.4, 0.5) is 0 Å². The average molecular weight is 248 g/mol. The fourth-order valence-corrected chi connectivity index (χ4v) is 1.48. The lowest BCUT2D eigenvalue weighted by Crippen LogP contribution is -2.03. The first-order chi connectivity index (χ1) is 8.70. The molecule has 0 amide bonds. The number of carbonyl (C=O) groups excluding carboxylic acids is 2. The van der Waals surface area contributed by atoms with Gasteiger partial charge in [0.05, 0.1) is 24.9 Å². The molecule has 1 heterocycles. The van der Waals surface area contributed by atoms with E-state index in [1.807, 2.05) is 0 Å². The van der Waals surface area contributed by atoms with E-state index in [9.17, 15) is 9.59 Å². The molecular formula is C13H12O5. The number of ether oxygens (including phenoxy) is 3. The lowest BCUT2D eigenvalue weighted by molar-refractivity contribution is -0.135. The first-order valence-electron chi connectivity index (χ1n) is 5.42. The number of rotatable bonds is 3. The van der Waals surface area contributed by atoms with Crippen LogP contribution in [-0.2, 0) is 14.3 Å². The molecule has 0 aromatic heterocycles. The van der Waals surface area contributed by atoms with Crippen molar-refractivity contribution in [3.63, 3.8) is 0 Å². The van der Waals surface area contributed by atoms with Crippen LogP contribution < -0.4 is 4.74 Å². The topological polar surface area (TPSA) is 61.8 Å². The average Bonchev–Trinajstić information content (AvgIpc) is 2.81. The van der Waals surface area contributed by atoms with Crippen molar-refractivity contribution in [2.75, 3.05) is 13.7 Å². The molecule has 1 aromatic rings. The number of carbonyl (C=O) groups is 2. The Morgan fingerprint density at radius 1 is 1.33 bits per heavy atom. The maximum atomic E-state index is 11.6. The number of cyclic esters (lactones) is 1. The molecule has 0 aliphatic carbocycles. The van der Waals surface area contributed by atoms with Crippen LogP contribution in [0.15, 0.2) is 36.1 Å². The minimum Gasteiger partial charge on any atom is -0.497 e. The van der Waals surface area contributed by atoms with Gasteiger partial charge < -0.3 is 14.2 Å². The van der Waals surface area contributed by atoms with Crippen LogP contribution in [-0.4, -0.2) is 25.7 Å². The van der Waals surface area contributed by atoms with Gasteiger partial charge in [0.25, 0.3) is 0 Å². The van der Waals surface area contributed by atoms with Gasteiger partial charge in [-0.1, -0.05) is 0 Å². The van der Waals surface area contributed by atoms with Crippen molar-refractivity contribution in [1.29, 1.82) is 0 Å². The summed E-state index contributed by atoms with van der Waals surface area (Å²) in [4.78, 5) is 22.8. The molecule has 1 aromatic carbocycles. The lowest BCUT2D eigenvalue weighted by Gasteiger charge is -2.02. The molecule has 18 heavy (non-hydrogen) atoms. The van der Waals surface area contributed by atoms with Crippen molar-refractivity contribution in [3.05, 3.63) is 41.7 Å². The highest BCUT2D eigenvalue weighted by atomic mass is 16.5. The molecule has 1 saturated heterocycles. The van der Waals surface area contributed by atoms with Gasteiger partial charge in [-0.25, -0.2) is 9.59 Å². The molecule has 2 rings (SSSR count). The van der Waals surface area contributed by atoms with E-state index in [4.69, 9.17) is 14.2 Å². The van der Waals surface area contributed by atoms with Crippen LogP contribution in [0.5, 0.6) is 5.75 Å². The highest BCUT2D eigenvalue weighted by Gasteiger charge is 2.19.